The molecule has 3 rings (SSSR count). The molecule has 0 saturated heterocycles. The fourth-order valence-electron chi connectivity index (χ4n) is 3.00. The van der Waals surface area contributed by atoms with Crippen molar-refractivity contribution in [3.63, 3.8) is 0 Å². The molecule has 0 radical (unpaired) electrons. The van der Waals surface area contributed by atoms with Crippen LogP contribution in [0, 0.1) is 0 Å². The number of rotatable bonds is 9. The van der Waals surface area contributed by atoms with Crippen LogP contribution in [-0.2, 0) is 20.8 Å². The van der Waals surface area contributed by atoms with E-state index in [-0.39, 0.29) is 28.5 Å². The van der Waals surface area contributed by atoms with E-state index in [4.69, 9.17) is 9.47 Å². The second-order valence-corrected chi connectivity index (χ2v) is 8.69. The number of halogens is 1. The Balaban J connectivity index is 1.76. The molecule has 0 aliphatic rings. The Labute approximate surface area is 208 Å². The van der Waals surface area contributed by atoms with E-state index < -0.39 is 11.9 Å². The van der Waals surface area contributed by atoms with E-state index in [1.807, 2.05) is 28.8 Å². The first-order chi connectivity index (χ1) is 16.4. The zero-order valence-corrected chi connectivity index (χ0v) is 20.8. The quantitative estimate of drug-likeness (QED) is 0.242. The average Bonchev–Trinajstić information content (AvgIpc) is 3.24. The molecule has 0 atom stereocenters. The number of anilines is 1. The molecule has 2 aromatic carbocycles. The first kappa shape index (κ1) is 25.2. The number of allylic oxidation sites excluding steroid dienone is 1. The Hall–Kier alpha value is -3.44. The number of esters is 2. The van der Waals surface area contributed by atoms with E-state index in [9.17, 15) is 14.4 Å². The molecular formula is C23H21BrN4O5S. The molecule has 0 aliphatic carbocycles. The maximum Gasteiger partial charge on any atom is 0.337 e. The number of amides is 1. The molecule has 0 saturated carbocycles. The minimum atomic E-state index is -0.645. The van der Waals surface area contributed by atoms with Gasteiger partial charge < -0.3 is 14.8 Å². The van der Waals surface area contributed by atoms with Crippen molar-refractivity contribution in [2.24, 2.45) is 0 Å². The zero-order valence-electron chi connectivity index (χ0n) is 18.4. The second-order valence-electron chi connectivity index (χ2n) is 6.83. The summed E-state index contributed by atoms with van der Waals surface area (Å²) in [6, 6.07) is 11.8. The number of methoxy groups -OCH3 is 2. The van der Waals surface area contributed by atoms with E-state index in [1.165, 1.54) is 44.2 Å². The number of nitrogens with one attached hydrogen (secondary N) is 1. The Morgan fingerprint density at radius 2 is 1.68 bits per heavy atom. The maximum absolute atomic E-state index is 12.6. The summed E-state index contributed by atoms with van der Waals surface area (Å²) in [5, 5.41) is 11.7. The minimum absolute atomic E-state index is 0.0195. The summed E-state index contributed by atoms with van der Waals surface area (Å²) >= 11 is 4.61. The highest BCUT2D eigenvalue weighted by Gasteiger charge is 2.17. The monoisotopic (exact) mass is 544 g/mol. The lowest BCUT2D eigenvalue weighted by atomic mass is 10.1. The molecule has 0 bridgehead atoms. The maximum atomic E-state index is 12.6. The largest absolute Gasteiger partial charge is 0.465 e. The summed E-state index contributed by atoms with van der Waals surface area (Å²) < 4.78 is 12.2. The predicted molar refractivity (Wildman–Crippen MR) is 132 cm³/mol. The van der Waals surface area contributed by atoms with E-state index in [0.29, 0.717) is 17.5 Å². The van der Waals surface area contributed by atoms with Crippen LogP contribution in [-0.4, -0.2) is 52.6 Å². The third-order valence-corrected chi connectivity index (χ3v) is 6.02. The molecule has 0 aliphatic heterocycles. The van der Waals surface area contributed by atoms with Crippen molar-refractivity contribution in [2.75, 3.05) is 25.3 Å². The van der Waals surface area contributed by atoms with E-state index in [1.54, 1.807) is 6.08 Å². The van der Waals surface area contributed by atoms with Gasteiger partial charge in [-0.2, -0.15) is 0 Å². The lowest BCUT2D eigenvalue weighted by Gasteiger charge is -2.10. The summed E-state index contributed by atoms with van der Waals surface area (Å²) in [6.07, 6.45) is 1.72. The third kappa shape index (κ3) is 6.12. The van der Waals surface area contributed by atoms with Gasteiger partial charge in [0, 0.05) is 22.3 Å². The summed E-state index contributed by atoms with van der Waals surface area (Å²) in [5.74, 6) is -0.974. The summed E-state index contributed by atoms with van der Waals surface area (Å²) in [4.78, 5) is 36.5. The first-order valence-electron chi connectivity index (χ1n) is 9.90. The molecule has 34 heavy (non-hydrogen) atoms. The van der Waals surface area contributed by atoms with Gasteiger partial charge >= 0.3 is 11.9 Å². The van der Waals surface area contributed by atoms with Gasteiger partial charge in [-0.05, 0) is 30.3 Å². The zero-order chi connectivity index (χ0) is 24.7. The third-order valence-electron chi connectivity index (χ3n) is 4.52. The SMILES string of the molecule is C=CCn1c(SCC(=O)Nc2cc(C(=O)OC)cc(C(=O)OC)c2)nnc1-c1ccc(Br)cc1. The lowest BCUT2D eigenvalue weighted by molar-refractivity contribution is -0.113. The second kappa shape index (κ2) is 11.6. The van der Waals surface area contributed by atoms with Crippen LogP contribution in [0.25, 0.3) is 11.4 Å². The first-order valence-corrected chi connectivity index (χ1v) is 11.7. The number of thioether (sulfide) groups is 1. The molecule has 0 unspecified atom stereocenters. The molecule has 0 spiro atoms. The Bertz CT molecular complexity index is 1190. The van der Waals surface area contributed by atoms with Gasteiger partial charge in [0.1, 0.15) is 0 Å². The number of aromatic nitrogens is 3. The average molecular weight is 545 g/mol. The molecule has 1 N–H and O–H groups in total. The lowest BCUT2D eigenvalue weighted by Crippen LogP contribution is -2.16. The van der Waals surface area contributed by atoms with Crippen LogP contribution in [0.15, 0.2) is 64.7 Å². The fraction of sp³-hybridized carbons (Fsp3) is 0.174. The smallest absolute Gasteiger partial charge is 0.337 e. The van der Waals surface area contributed by atoms with Gasteiger partial charge in [0.05, 0.1) is 31.1 Å². The van der Waals surface area contributed by atoms with Gasteiger partial charge in [0.25, 0.3) is 0 Å². The number of hydrogen-bond acceptors (Lipinski definition) is 8. The summed E-state index contributed by atoms with van der Waals surface area (Å²) in [6.45, 7) is 4.25. The summed E-state index contributed by atoms with van der Waals surface area (Å²) in [7, 11) is 2.45. The standard InChI is InChI=1S/C23H21BrN4O5S/c1-4-9-28-20(14-5-7-17(24)8-6-14)26-27-23(28)34-13-19(29)25-18-11-15(21(30)32-2)10-16(12-18)22(31)33-3/h4-8,10-12H,1,9,13H2,2-3H3,(H,25,29). The molecule has 176 valence electrons. The highest BCUT2D eigenvalue weighted by Crippen LogP contribution is 2.26. The van der Waals surface area contributed by atoms with E-state index >= 15 is 0 Å². The van der Waals surface area contributed by atoms with Crippen LogP contribution in [0.3, 0.4) is 0 Å². The van der Waals surface area contributed by atoms with Crippen LogP contribution < -0.4 is 5.32 Å². The number of carbonyl (C=O) groups excluding carboxylic acids is 3. The van der Waals surface area contributed by atoms with Crippen molar-refractivity contribution < 1.29 is 23.9 Å². The van der Waals surface area contributed by atoms with Crippen molar-refractivity contribution in [2.45, 2.75) is 11.7 Å². The fourth-order valence-corrected chi connectivity index (χ4v) is 4.01. The molecule has 11 heteroatoms. The predicted octanol–water partition coefficient (Wildman–Crippen LogP) is 4.20. The summed E-state index contributed by atoms with van der Waals surface area (Å²) in [5.41, 5.74) is 1.36. The molecule has 9 nitrogen and oxygen atoms in total. The normalized spacial score (nSPS) is 10.4. The van der Waals surface area contributed by atoms with Gasteiger partial charge in [0.15, 0.2) is 11.0 Å². The van der Waals surface area contributed by atoms with Crippen LogP contribution in [0.2, 0.25) is 0 Å². The number of nitrogens with zero attached hydrogens (tertiary/aromatic N) is 3. The number of hydrogen-bond donors (Lipinski definition) is 1. The Morgan fingerprint density at radius 1 is 1.06 bits per heavy atom. The topological polar surface area (TPSA) is 112 Å². The molecular weight excluding hydrogens is 524 g/mol. The Morgan fingerprint density at radius 3 is 2.24 bits per heavy atom. The van der Waals surface area contributed by atoms with Crippen LogP contribution >= 0.6 is 27.7 Å². The molecule has 1 amide bonds. The van der Waals surface area contributed by atoms with Crippen LogP contribution in [0.1, 0.15) is 20.7 Å². The van der Waals surface area contributed by atoms with Crippen molar-refractivity contribution in [3.05, 3.63) is 70.7 Å². The van der Waals surface area contributed by atoms with Crippen molar-refractivity contribution in [1.29, 1.82) is 0 Å². The van der Waals surface area contributed by atoms with Gasteiger partial charge in [-0.3, -0.25) is 9.36 Å². The highest BCUT2D eigenvalue weighted by molar-refractivity contribution is 9.10. The highest BCUT2D eigenvalue weighted by atomic mass is 79.9. The number of benzene rings is 2. The van der Waals surface area contributed by atoms with Crippen molar-refractivity contribution in [3.8, 4) is 11.4 Å². The number of ether oxygens (including phenoxy) is 2. The van der Waals surface area contributed by atoms with E-state index in [0.717, 1.165) is 10.0 Å². The van der Waals surface area contributed by atoms with Crippen LogP contribution in [0.5, 0.6) is 0 Å². The molecule has 3 aromatic rings. The van der Waals surface area contributed by atoms with Gasteiger partial charge in [-0.1, -0.05) is 45.9 Å². The van der Waals surface area contributed by atoms with Gasteiger partial charge in [-0.25, -0.2) is 9.59 Å². The Kier molecular flexibility index (Phi) is 8.61. The minimum Gasteiger partial charge on any atom is -0.465 e. The van der Waals surface area contributed by atoms with Gasteiger partial charge in [0.2, 0.25) is 5.91 Å². The van der Waals surface area contributed by atoms with E-state index in [2.05, 4.69) is 38.0 Å². The molecule has 1 heterocycles. The van der Waals surface area contributed by atoms with Crippen LogP contribution in [0.4, 0.5) is 5.69 Å². The molecule has 0 fully saturated rings. The van der Waals surface area contributed by atoms with Crippen molar-refractivity contribution in [1.82, 2.24) is 14.8 Å². The number of carbonyl (C=O) groups is 3. The van der Waals surface area contributed by atoms with Gasteiger partial charge in [-0.15, -0.1) is 16.8 Å². The van der Waals surface area contributed by atoms with Crippen molar-refractivity contribution >= 4 is 51.2 Å². The molecule has 1 aromatic heterocycles.